The van der Waals surface area contributed by atoms with Crippen molar-refractivity contribution in [3.63, 3.8) is 0 Å². The fraction of sp³-hybridized carbons (Fsp3) is 0.524. The second-order valence-corrected chi connectivity index (χ2v) is 6.90. The normalized spacial score (nSPS) is 20.7. The molecule has 2 rings (SSSR count). The SMILES string of the molecule is COc1ccc(/C=C/C(=O)O[C@H](C)C(=O)N[C@@H]2CCCC[C@@H]2C)cc1OC. The Labute approximate surface area is 160 Å². The first-order valence-electron chi connectivity index (χ1n) is 9.35. The maximum Gasteiger partial charge on any atom is 0.331 e. The lowest BCUT2D eigenvalue weighted by atomic mass is 9.86. The average molecular weight is 375 g/mol. The average Bonchev–Trinajstić information content (AvgIpc) is 2.67. The van der Waals surface area contributed by atoms with Gasteiger partial charge in [-0.25, -0.2) is 4.79 Å². The number of amides is 1. The van der Waals surface area contributed by atoms with E-state index in [4.69, 9.17) is 14.2 Å². The number of esters is 1. The van der Waals surface area contributed by atoms with Gasteiger partial charge in [0.1, 0.15) is 0 Å². The van der Waals surface area contributed by atoms with Gasteiger partial charge in [0.05, 0.1) is 14.2 Å². The molecule has 1 aromatic rings. The second-order valence-electron chi connectivity index (χ2n) is 6.90. The van der Waals surface area contributed by atoms with E-state index in [0.717, 1.165) is 24.8 Å². The quantitative estimate of drug-likeness (QED) is 0.584. The number of methoxy groups -OCH3 is 2. The van der Waals surface area contributed by atoms with Crippen molar-refractivity contribution < 1.29 is 23.8 Å². The highest BCUT2D eigenvalue weighted by atomic mass is 16.5. The summed E-state index contributed by atoms with van der Waals surface area (Å²) in [5, 5.41) is 3.00. The molecule has 6 nitrogen and oxygen atoms in total. The van der Waals surface area contributed by atoms with Crippen LogP contribution in [0.4, 0.5) is 0 Å². The van der Waals surface area contributed by atoms with Crippen LogP contribution < -0.4 is 14.8 Å². The van der Waals surface area contributed by atoms with Gasteiger partial charge < -0.3 is 19.5 Å². The van der Waals surface area contributed by atoms with Crippen molar-refractivity contribution in [1.29, 1.82) is 0 Å². The molecule has 1 saturated carbocycles. The summed E-state index contributed by atoms with van der Waals surface area (Å²) < 4.78 is 15.6. The molecular formula is C21H29NO5. The summed E-state index contributed by atoms with van der Waals surface area (Å²) in [6, 6.07) is 5.47. The van der Waals surface area contributed by atoms with Crippen LogP contribution >= 0.6 is 0 Å². The minimum Gasteiger partial charge on any atom is -0.493 e. The molecule has 0 aromatic heterocycles. The summed E-state index contributed by atoms with van der Waals surface area (Å²) in [6.07, 6.45) is 6.50. The first-order valence-corrected chi connectivity index (χ1v) is 9.35. The van der Waals surface area contributed by atoms with Crippen LogP contribution in [0.5, 0.6) is 11.5 Å². The summed E-state index contributed by atoms with van der Waals surface area (Å²) in [6.45, 7) is 3.73. The molecule has 1 amide bonds. The van der Waals surface area contributed by atoms with Gasteiger partial charge in [-0.2, -0.15) is 0 Å². The molecule has 148 valence electrons. The van der Waals surface area contributed by atoms with Crippen LogP contribution in [0.3, 0.4) is 0 Å². The summed E-state index contributed by atoms with van der Waals surface area (Å²) in [4.78, 5) is 24.3. The number of hydrogen-bond donors (Lipinski definition) is 1. The molecule has 0 aliphatic heterocycles. The minimum absolute atomic E-state index is 0.162. The van der Waals surface area contributed by atoms with E-state index in [1.165, 1.54) is 12.5 Å². The molecule has 3 atom stereocenters. The lowest BCUT2D eigenvalue weighted by Gasteiger charge is -2.30. The largest absolute Gasteiger partial charge is 0.493 e. The monoisotopic (exact) mass is 375 g/mol. The van der Waals surface area contributed by atoms with Crippen molar-refractivity contribution in [2.24, 2.45) is 5.92 Å². The molecule has 1 fully saturated rings. The van der Waals surface area contributed by atoms with E-state index in [1.54, 1.807) is 45.4 Å². The molecule has 27 heavy (non-hydrogen) atoms. The summed E-state index contributed by atoms with van der Waals surface area (Å²) in [5.41, 5.74) is 0.762. The Morgan fingerprint density at radius 3 is 2.52 bits per heavy atom. The summed E-state index contributed by atoms with van der Waals surface area (Å²) in [5.74, 6) is 0.822. The van der Waals surface area contributed by atoms with Gasteiger partial charge in [0.2, 0.25) is 0 Å². The van der Waals surface area contributed by atoms with Gasteiger partial charge in [0.25, 0.3) is 5.91 Å². The van der Waals surface area contributed by atoms with Crippen LogP contribution in [-0.4, -0.2) is 38.2 Å². The molecule has 0 spiro atoms. The van der Waals surface area contributed by atoms with Crippen LogP contribution in [0.1, 0.15) is 45.1 Å². The van der Waals surface area contributed by atoms with Gasteiger partial charge in [0.15, 0.2) is 17.6 Å². The van der Waals surface area contributed by atoms with Crippen LogP contribution in [0, 0.1) is 5.92 Å². The van der Waals surface area contributed by atoms with E-state index in [9.17, 15) is 9.59 Å². The van der Waals surface area contributed by atoms with Crippen molar-refractivity contribution >= 4 is 18.0 Å². The van der Waals surface area contributed by atoms with E-state index in [-0.39, 0.29) is 11.9 Å². The van der Waals surface area contributed by atoms with Crippen molar-refractivity contribution in [1.82, 2.24) is 5.32 Å². The Hall–Kier alpha value is -2.50. The first-order chi connectivity index (χ1) is 12.9. The minimum atomic E-state index is -0.832. The number of benzene rings is 1. The maximum atomic E-state index is 12.3. The van der Waals surface area contributed by atoms with Crippen LogP contribution in [0.15, 0.2) is 24.3 Å². The molecule has 0 radical (unpaired) electrons. The predicted octanol–water partition coefficient (Wildman–Crippen LogP) is 3.34. The molecule has 1 aliphatic carbocycles. The number of carbonyl (C=O) groups excluding carboxylic acids is 2. The Kier molecular flexibility index (Phi) is 7.70. The Bertz CT molecular complexity index is 685. The third-order valence-electron chi connectivity index (χ3n) is 4.92. The molecule has 1 aromatic carbocycles. The lowest BCUT2D eigenvalue weighted by molar-refractivity contribution is -0.150. The summed E-state index contributed by atoms with van der Waals surface area (Å²) >= 11 is 0. The molecule has 1 aliphatic rings. The van der Waals surface area contributed by atoms with Crippen LogP contribution in [0.25, 0.3) is 6.08 Å². The van der Waals surface area contributed by atoms with Gasteiger partial charge in [0, 0.05) is 12.1 Å². The molecule has 0 saturated heterocycles. The number of hydrogen-bond acceptors (Lipinski definition) is 5. The van der Waals surface area contributed by atoms with E-state index < -0.39 is 12.1 Å². The van der Waals surface area contributed by atoms with Crippen molar-refractivity contribution in [2.75, 3.05) is 14.2 Å². The number of nitrogens with one attached hydrogen (secondary N) is 1. The highest BCUT2D eigenvalue weighted by molar-refractivity contribution is 5.90. The molecule has 0 unspecified atom stereocenters. The fourth-order valence-electron chi connectivity index (χ4n) is 3.22. The number of carbonyl (C=O) groups is 2. The van der Waals surface area contributed by atoms with Gasteiger partial charge in [-0.3, -0.25) is 4.79 Å². The lowest BCUT2D eigenvalue weighted by Crippen LogP contribution is -2.45. The molecule has 0 heterocycles. The van der Waals surface area contributed by atoms with E-state index in [1.807, 2.05) is 0 Å². The van der Waals surface area contributed by atoms with Crippen molar-refractivity contribution in [3.05, 3.63) is 29.8 Å². The first kappa shape index (κ1) is 20.8. The molecule has 6 heteroatoms. The van der Waals surface area contributed by atoms with Crippen LogP contribution in [-0.2, 0) is 14.3 Å². The molecule has 0 bridgehead atoms. The topological polar surface area (TPSA) is 73.9 Å². The van der Waals surface area contributed by atoms with Gasteiger partial charge in [-0.15, -0.1) is 0 Å². The van der Waals surface area contributed by atoms with E-state index >= 15 is 0 Å². The standard InChI is InChI=1S/C21H29NO5/c1-14-7-5-6-8-17(14)22-21(24)15(2)27-20(23)12-10-16-9-11-18(25-3)19(13-16)26-4/h9-15,17H,5-8H2,1-4H3,(H,22,24)/b12-10+/t14-,15+,17+/m0/s1. The number of rotatable bonds is 7. The fourth-order valence-corrected chi connectivity index (χ4v) is 3.22. The van der Waals surface area contributed by atoms with Crippen molar-refractivity contribution in [2.45, 2.75) is 51.7 Å². The predicted molar refractivity (Wildman–Crippen MR) is 104 cm³/mol. The zero-order chi connectivity index (χ0) is 19.8. The Balaban J connectivity index is 1.88. The van der Waals surface area contributed by atoms with Crippen LogP contribution in [0.2, 0.25) is 0 Å². The van der Waals surface area contributed by atoms with Gasteiger partial charge >= 0.3 is 5.97 Å². The zero-order valence-electron chi connectivity index (χ0n) is 16.5. The molecular weight excluding hydrogens is 346 g/mol. The third-order valence-corrected chi connectivity index (χ3v) is 4.92. The maximum absolute atomic E-state index is 12.3. The Morgan fingerprint density at radius 1 is 1.15 bits per heavy atom. The highest BCUT2D eigenvalue weighted by Crippen LogP contribution is 2.28. The summed E-state index contributed by atoms with van der Waals surface area (Å²) in [7, 11) is 3.11. The zero-order valence-corrected chi connectivity index (χ0v) is 16.5. The van der Waals surface area contributed by atoms with Gasteiger partial charge in [-0.05, 0) is 49.5 Å². The number of ether oxygens (including phenoxy) is 3. The van der Waals surface area contributed by atoms with E-state index in [2.05, 4.69) is 12.2 Å². The highest BCUT2D eigenvalue weighted by Gasteiger charge is 2.25. The van der Waals surface area contributed by atoms with Crippen molar-refractivity contribution in [3.8, 4) is 11.5 Å². The van der Waals surface area contributed by atoms with Gasteiger partial charge in [-0.1, -0.05) is 25.8 Å². The Morgan fingerprint density at radius 2 is 1.85 bits per heavy atom. The molecule has 1 N–H and O–H groups in total. The third kappa shape index (κ3) is 6.01. The second kappa shape index (κ2) is 10.00. The van der Waals surface area contributed by atoms with E-state index in [0.29, 0.717) is 17.4 Å². The smallest absolute Gasteiger partial charge is 0.331 e.